The first kappa shape index (κ1) is 14.7. The number of carbonyl (C=O) groups is 1. The van der Waals surface area contributed by atoms with Gasteiger partial charge in [-0.05, 0) is 5.56 Å². The molecule has 2 heterocycles. The summed E-state index contributed by atoms with van der Waals surface area (Å²) < 4.78 is 0. The van der Waals surface area contributed by atoms with Crippen LogP contribution in [0.15, 0.2) is 30.3 Å². The lowest BCUT2D eigenvalue weighted by atomic mass is 10.0. The van der Waals surface area contributed by atoms with E-state index >= 15 is 0 Å². The fourth-order valence-electron chi connectivity index (χ4n) is 2.78. The zero-order chi connectivity index (χ0) is 15.4. The Hall–Kier alpha value is -2.18. The number of carbonyl (C=O) groups excluding carboxylic acids is 1. The van der Waals surface area contributed by atoms with Crippen molar-refractivity contribution >= 4 is 5.91 Å². The number of hydrogen-bond acceptors (Lipinski definition) is 4. The minimum atomic E-state index is -0.149. The second kappa shape index (κ2) is 6.72. The molecule has 116 valence electrons. The molecule has 3 rings (SSSR count). The van der Waals surface area contributed by atoms with Crippen LogP contribution in [0.25, 0.3) is 0 Å². The maximum absolute atomic E-state index is 12.1. The van der Waals surface area contributed by atoms with Crippen molar-refractivity contribution in [1.29, 1.82) is 0 Å². The Bertz CT molecular complexity index is 637. The number of aromatic nitrogens is 2. The molecule has 2 aromatic rings. The SMILES string of the molecule is NCCNC(=O)c1n[nH]c2c1CN(Cc1ccccc1)CC2. The molecule has 0 unspecified atom stereocenters. The monoisotopic (exact) mass is 299 g/mol. The Balaban J connectivity index is 1.71. The Kier molecular flexibility index (Phi) is 4.50. The van der Waals surface area contributed by atoms with Gasteiger partial charge < -0.3 is 11.1 Å². The molecule has 0 radical (unpaired) electrons. The highest BCUT2D eigenvalue weighted by atomic mass is 16.1. The fourth-order valence-corrected chi connectivity index (χ4v) is 2.78. The number of nitrogens with two attached hydrogens (primary N) is 1. The Morgan fingerprint density at radius 2 is 2.18 bits per heavy atom. The van der Waals surface area contributed by atoms with Gasteiger partial charge >= 0.3 is 0 Å². The molecular formula is C16H21N5O. The van der Waals surface area contributed by atoms with Crippen molar-refractivity contribution < 1.29 is 4.79 Å². The van der Waals surface area contributed by atoms with Gasteiger partial charge in [0.1, 0.15) is 0 Å². The van der Waals surface area contributed by atoms with Gasteiger partial charge in [-0.2, -0.15) is 5.10 Å². The highest BCUT2D eigenvalue weighted by Crippen LogP contribution is 2.21. The lowest BCUT2D eigenvalue weighted by Gasteiger charge is -2.26. The summed E-state index contributed by atoms with van der Waals surface area (Å²) in [4.78, 5) is 14.5. The molecule has 0 bridgehead atoms. The van der Waals surface area contributed by atoms with Gasteiger partial charge in [-0.1, -0.05) is 30.3 Å². The molecule has 1 aromatic carbocycles. The van der Waals surface area contributed by atoms with E-state index in [2.05, 4.69) is 32.5 Å². The lowest BCUT2D eigenvalue weighted by Crippen LogP contribution is -2.33. The van der Waals surface area contributed by atoms with E-state index in [9.17, 15) is 4.79 Å². The highest BCUT2D eigenvalue weighted by Gasteiger charge is 2.25. The summed E-state index contributed by atoms with van der Waals surface area (Å²) in [5.74, 6) is -0.149. The Labute approximate surface area is 129 Å². The van der Waals surface area contributed by atoms with E-state index in [0.717, 1.165) is 37.3 Å². The van der Waals surface area contributed by atoms with Crippen molar-refractivity contribution in [1.82, 2.24) is 20.4 Å². The zero-order valence-corrected chi connectivity index (χ0v) is 12.5. The number of amides is 1. The lowest BCUT2D eigenvalue weighted by molar-refractivity contribution is 0.0947. The molecule has 6 heteroatoms. The van der Waals surface area contributed by atoms with Crippen LogP contribution in [-0.2, 0) is 19.5 Å². The summed E-state index contributed by atoms with van der Waals surface area (Å²) in [5.41, 5.74) is 9.29. The average Bonchev–Trinajstić information content (AvgIpc) is 2.97. The fraction of sp³-hybridized carbons (Fsp3) is 0.375. The Morgan fingerprint density at radius 1 is 1.36 bits per heavy atom. The first-order chi connectivity index (χ1) is 10.8. The average molecular weight is 299 g/mol. The minimum absolute atomic E-state index is 0.149. The molecule has 22 heavy (non-hydrogen) atoms. The number of benzene rings is 1. The standard InChI is InChI=1S/C16H21N5O/c17-7-8-18-16(22)15-13-11-21(9-6-14(13)19-20-15)10-12-4-2-1-3-5-12/h1-5H,6-11,17H2,(H,18,22)(H,19,20). The van der Waals surface area contributed by atoms with Crippen LogP contribution < -0.4 is 11.1 Å². The topological polar surface area (TPSA) is 87.0 Å². The smallest absolute Gasteiger partial charge is 0.272 e. The van der Waals surface area contributed by atoms with Crippen molar-refractivity contribution in [2.45, 2.75) is 19.5 Å². The molecule has 0 saturated heterocycles. The van der Waals surface area contributed by atoms with Crippen LogP contribution in [-0.4, -0.2) is 40.6 Å². The third-order valence-corrected chi connectivity index (χ3v) is 3.91. The van der Waals surface area contributed by atoms with E-state index in [1.54, 1.807) is 0 Å². The van der Waals surface area contributed by atoms with Gasteiger partial charge in [0.25, 0.3) is 5.91 Å². The third kappa shape index (κ3) is 3.18. The number of rotatable bonds is 5. The molecular weight excluding hydrogens is 278 g/mol. The van der Waals surface area contributed by atoms with Crippen molar-refractivity contribution in [3.63, 3.8) is 0 Å². The molecule has 6 nitrogen and oxygen atoms in total. The number of hydrogen-bond donors (Lipinski definition) is 3. The second-order valence-electron chi connectivity index (χ2n) is 5.52. The van der Waals surface area contributed by atoms with Gasteiger partial charge in [-0.25, -0.2) is 0 Å². The van der Waals surface area contributed by atoms with E-state index in [1.807, 2.05) is 18.2 Å². The quantitative estimate of drug-likeness (QED) is 0.757. The molecule has 4 N–H and O–H groups in total. The van der Waals surface area contributed by atoms with Crippen LogP contribution in [0.5, 0.6) is 0 Å². The summed E-state index contributed by atoms with van der Waals surface area (Å²) in [5, 5.41) is 9.97. The second-order valence-corrected chi connectivity index (χ2v) is 5.52. The van der Waals surface area contributed by atoms with Crippen molar-refractivity contribution in [3.8, 4) is 0 Å². The zero-order valence-electron chi connectivity index (χ0n) is 12.5. The molecule has 1 aliphatic rings. The number of nitrogens with one attached hydrogen (secondary N) is 2. The summed E-state index contributed by atoms with van der Waals surface area (Å²) in [6, 6.07) is 10.4. The maximum atomic E-state index is 12.1. The summed E-state index contributed by atoms with van der Waals surface area (Å²) >= 11 is 0. The van der Waals surface area contributed by atoms with Crippen LogP contribution in [0.4, 0.5) is 0 Å². The molecule has 0 fully saturated rings. The van der Waals surface area contributed by atoms with E-state index in [0.29, 0.717) is 18.8 Å². The van der Waals surface area contributed by atoms with Crippen LogP contribution in [0.3, 0.4) is 0 Å². The van der Waals surface area contributed by atoms with Crippen LogP contribution in [0, 0.1) is 0 Å². The van der Waals surface area contributed by atoms with Crippen molar-refractivity contribution in [2.24, 2.45) is 5.73 Å². The van der Waals surface area contributed by atoms with Crippen LogP contribution >= 0.6 is 0 Å². The summed E-state index contributed by atoms with van der Waals surface area (Å²) in [7, 11) is 0. The maximum Gasteiger partial charge on any atom is 0.272 e. The summed E-state index contributed by atoms with van der Waals surface area (Å²) in [6.45, 7) is 3.49. The molecule has 1 amide bonds. The van der Waals surface area contributed by atoms with Gasteiger partial charge in [-0.15, -0.1) is 0 Å². The van der Waals surface area contributed by atoms with Crippen molar-refractivity contribution in [2.75, 3.05) is 19.6 Å². The van der Waals surface area contributed by atoms with Gasteiger partial charge in [-0.3, -0.25) is 14.8 Å². The molecule has 0 atom stereocenters. The molecule has 1 aromatic heterocycles. The normalized spacial score (nSPS) is 14.6. The number of aromatic amines is 1. The minimum Gasteiger partial charge on any atom is -0.349 e. The van der Waals surface area contributed by atoms with Gasteiger partial charge in [0.2, 0.25) is 0 Å². The van der Waals surface area contributed by atoms with Gasteiger partial charge in [0.05, 0.1) is 0 Å². The van der Waals surface area contributed by atoms with Crippen LogP contribution in [0.2, 0.25) is 0 Å². The van der Waals surface area contributed by atoms with Crippen LogP contribution in [0.1, 0.15) is 27.3 Å². The summed E-state index contributed by atoms with van der Waals surface area (Å²) in [6.07, 6.45) is 0.888. The Morgan fingerprint density at radius 3 is 2.95 bits per heavy atom. The number of H-pyrrole nitrogens is 1. The highest BCUT2D eigenvalue weighted by molar-refractivity contribution is 5.94. The third-order valence-electron chi connectivity index (χ3n) is 3.91. The van der Waals surface area contributed by atoms with Crippen molar-refractivity contribution in [3.05, 3.63) is 52.8 Å². The first-order valence-corrected chi connectivity index (χ1v) is 7.58. The van der Waals surface area contributed by atoms with E-state index < -0.39 is 0 Å². The number of nitrogens with zero attached hydrogens (tertiary/aromatic N) is 2. The molecule has 0 saturated carbocycles. The molecule has 0 aliphatic carbocycles. The van der Waals surface area contributed by atoms with E-state index in [-0.39, 0.29) is 5.91 Å². The predicted molar refractivity (Wildman–Crippen MR) is 84.2 cm³/mol. The molecule has 1 aliphatic heterocycles. The molecule has 0 spiro atoms. The van der Waals surface area contributed by atoms with E-state index in [1.165, 1.54) is 5.56 Å². The van der Waals surface area contributed by atoms with E-state index in [4.69, 9.17) is 5.73 Å². The van der Waals surface area contributed by atoms with Gasteiger partial charge in [0, 0.05) is 50.4 Å². The number of fused-ring (bicyclic) bond motifs is 1. The van der Waals surface area contributed by atoms with Gasteiger partial charge in [0.15, 0.2) is 5.69 Å². The largest absolute Gasteiger partial charge is 0.349 e. The first-order valence-electron chi connectivity index (χ1n) is 7.58. The predicted octanol–water partition coefficient (Wildman–Crippen LogP) is 0.657.